The van der Waals surface area contributed by atoms with E-state index in [2.05, 4.69) is 15.3 Å². The molecule has 0 aliphatic carbocycles. The number of halogens is 4. The molecule has 0 radical (unpaired) electrons. The van der Waals surface area contributed by atoms with Gasteiger partial charge in [-0.05, 0) is 30.7 Å². The third-order valence-corrected chi connectivity index (χ3v) is 7.46. The Morgan fingerprint density at radius 2 is 1.86 bits per heavy atom. The van der Waals surface area contributed by atoms with Crippen LogP contribution in [0, 0.1) is 5.82 Å². The standard InChI is InChI=1S/C28H31F4N7O4/c29-22-14-19(39-16-21(43-18-39)4-3-20(40)6-7-28(30,31)32)2-5-24(22)36-10-12-37(13-11-36)25(41)15-34-26(42)23-17-38-9-1-8-33-27(38)35-23/h1-2,5,8-9,14,17,21H,3-4,6-7,10-13,15-16,18H2,(H,34,42)/t21-/m0/s1. The number of anilines is 2. The fourth-order valence-corrected chi connectivity index (χ4v) is 5.07. The number of amides is 2. The Morgan fingerprint density at radius 3 is 2.58 bits per heavy atom. The van der Waals surface area contributed by atoms with Crippen molar-refractivity contribution in [1.29, 1.82) is 0 Å². The lowest BCUT2D eigenvalue weighted by atomic mass is 10.1. The number of nitrogens with one attached hydrogen (secondary N) is 1. The zero-order chi connectivity index (χ0) is 30.6. The van der Waals surface area contributed by atoms with E-state index < -0.39 is 36.5 Å². The smallest absolute Gasteiger partial charge is 0.366 e. The Hall–Kier alpha value is -4.27. The molecule has 0 bridgehead atoms. The Bertz CT molecular complexity index is 1440. The Kier molecular flexibility index (Phi) is 9.08. The van der Waals surface area contributed by atoms with Gasteiger partial charge in [0.2, 0.25) is 11.7 Å². The average Bonchev–Trinajstić information content (AvgIpc) is 3.65. The van der Waals surface area contributed by atoms with E-state index in [4.69, 9.17) is 4.74 Å². The molecular weight excluding hydrogens is 574 g/mol. The van der Waals surface area contributed by atoms with Crippen LogP contribution in [0.3, 0.4) is 0 Å². The van der Waals surface area contributed by atoms with Gasteiger partial charge in [0.25, 0.3) is 5.91 Å². The molecular formula is C28H31F4N7O4. The zero-order valence-electron chi connectivity index (χ0n) is 23.2. The fourth-order valence-electron chi connectivity index (χ4n) is 5.07. The SMILES string of the molecule is O=C(CC[C@H]1CN(c2ccc(N3CCN(C(=O)CNC(=O)c4cn5cccnc5n4)CC3)c(F)c2)CO1)CCC(F)(F)F. The summed E-state index contributed by atoms with van der Waals surface area (Å²) in [5.74, 6) is -1.25. The van der Waals surface area contributed by atoms with Gasteiger partial charge in [0.1, 0.15) is 24.0 Å². The van der Waals surface area contributed by atoms with Crippen molar-refractivity contribution in [3.05, 3.63) is 54.4 Å². The first-order chi connectivity index (χ1) is 20.6. The highest BCUT2D eigenvalue weighted by atomic mass is 19.4. The van der Waals surface area contributed by atoms with Crippen molar-refractivity contribution in [2.24, 2.45) is 0 Å². The molecule has 1 aromatic carbocycles. The summed E-state index contributed by atoms with van der Waals surface area (Å²) in [6.07, 6.45) is -1.22. The highest BCUT2D eigenvalue weighted by molar-refractivity contribution is 5.95. The van der Waals surface area contributed by atoms with Crippen LogP contribution in [0.5, 0.6) is 0 Å². The van der Waals surface area contributed by atoms with E-state index in [-0.39, 0.29) is 37.4 Å². The summed E-state index contributed by atoms with van der Waals surface area (Å²) in [4.78, 5) is 50.4. The summed E-state index contributed by atoms with van der Waals surface area (Å²) in [6, 6.07) is 6.54. The first-order valence-corrected chi connectivity index (χ1v) is 13.9. The van der Waals surface area contributed by atoms with E-state index in [1.165, 1.54) is 12.3 Å². The van der Waals surface area contributed by atoms with Crippen LogP contribution < -0.4 is 15.1 Å². The topological polar surface area (TPSA) is 112 Å². The second-order valence-electron chi connectivity index (χ2n) is 10.5. The number of carbonyl (C=O) groups excluding carboxylic acids is 3. The molecule has 43 heavy (non-hydrogen) atoms. The molecule has 230 valence electrons. The average molecular weight is 606 g/mol. The highest BCUT2D eigenvalue weighted by Crippen LogP contribution is 2.29. The molecule has 1 N–H and O–H groups in total. The van der Waals surface area contributed by atoms with Gasteiger partial charge in [-0.25, -0.2) is 14.4 Å². The number of carbonyl (C=O) groups is 3. The molecule has 2 aliphatic rings. The molecule has 1 atom stereocenters. The third kappa shape index (κ3) is 7.77. The van der Waals surface area contributed by atoms with Crippen LogP contribution in [0.25, 0.3) is 5.78 Å². The lowest BCUT2D eigenvalue weighted by molar-refractivity contribution is -0.143. The van der Waals surface area contributed by atoms with E-state index in [1.54, 1.807) is 39.9 Å². The minimum absolute atomic E-state index is 0.00228. The fraction of sp³-hybridized carbons (Fsp3) is 0.464. The number of alkyl halides is 3. The molecule has 2 amide bonds. The first kappa shape index (κ1) is 30.2. The van der Waals surface area contributed by atoms with Crippen LogP contribution in [-0.2, 0) is 14.3 Å². The van der Waals surface area contributed by atoms with Gasteiger partial charge < -0.3 is 24.8 Å². The van der Waals surface area contributed by atoms with E-state index in [0.29, 0.717) is 56.3 Å². The van der Waals surface area contributed by atoms with Crippen molar-refractivity contribution in [2.45, 2.75) is 38.0 Å². The number of fused-ring (bicyclic) bond motifs is 1. The third-order valence-electron chi connectivity index (χ3n) is 7.46. The van der Waals surface area contributed by atoms with Crippen molar-refractivity contribution >= 4 is 34.8 Å². The lowest BCUT2D eigenvalue weighted by Gasteiger charge is -2.36. The van der Waals surface area contributed by atoms with Crippen LogP contribution in [0.1, 0.15) is 36.2 Å². The van der Waals surface area contributed by atoms with Gasteiger partial charge >= 0.3 is 6.18 Å². The molecule has 2 aromatic heterocycles. The molecule has 5 rings (SSSR count). The predicted molar refractivity (Wildman–Crippen MR) is 147 cm³/mol. The summed E-state index contributed by atoms with van der Waals surface area (Å²) in [7, 11) is 0. The Morgan fingerprint density at radius 1 is 1.07 bits per heavy atom. The number of aromatic nitrogens is 3. The lowest BCUT2D eigenvalue weighted by Crippen LogP contribution is -2.51. The van der Waals surface area contributed by atoms with Crippen LogP contribution >= 0.6 is 0 Å². The summed E-state index contributed by atoms with van der Waals surface area (Å²) >= 11 is 0. The largest absolute Gasteiger partial charge is 0.389 e. The van der Waals surface area contributed by atoms with Gasteiger partial charge in [-0.1, -0.05) is 0 Å². The van der Waals surface area contributed by atoms with Crippen LogP contribution in [-0.4, -0.2) is 95.1 Å². The first-order valence-electron chi connectivity index (χ1n) is 13.9. The van der Waals surface area contributed by atoms with Crippen molar-refractivity contribution in [3.8, 4) is 0 Å². The number of ether oxygens (including phenoxy) is 1. The van der Waals surface area contributed by atoms with Crippen LogP contribution in [0.15, 0.2) is 42.9 Å². The second-order valence-corrected chi connectivity index (χ2v) is 10.5. The molecule has 11 nitrogen and oxygen atoms in total. The zero-order valence-corrected chi connectivity index (χ0v) is 23.2. The number of Topliss-reactive ketones (excluding diaryl/α,β-unsaturated/α-hetero) is 1. The van der Waals surface area contributed by atoms with Crippen LogP contribution in [0.2, 0.25) is 0 Å². The highest BCUT2D eigenvalue weighted by Gasteiger charge is 2.29. The minimum atomic E-state index is -4.35. The maximum absolute atomic E-state index is 15.1. The van der Waals surface area contributed by atoms with E-state index in [9.17, 15) is 27.6 Å². The monoisotopic (exact) mass is 605 g/mol. The number of imidazole rings is 1. The summed E-state index contributed by atoms with van der Waals surface area (Å²) in [6.45, 7) is 1.93. The molecule has 15 heteroatoms. The second kappa shape index (κ2) is 12.9. The van der Waals surface area contributed by atoms with Gasteiger partial charge in [0.05, 0.1) is 24.8 Å². The van der Waals surface area contributed by atoms with Gasteiger partial charge in [-0.15, -0.1) is 0 Å². The number of hydrogen-bond donors (Lipinski definition) is 1. The maximum Gasteiger partial charge on any atom is 0.389 e. The van der Waals surface area contributed by atoms with Crippen LogP contribution in [0.4, 0.5) is 28.9 Å². The van der Waals surface area contributed by atoms with Crippen molar-refractivity contribution in [1.82, 2.24) is 24.6 Å². The number of nitrogens with zero attached hydrogens (tertiary/aromatic N) is 6. The van der Waals surface area contributed by atoms with Gasteiger partial charge in [0, 0.05) is 69.8 Å². The summed E-state index contributed by atoms with van der Waals surface area (Å²) in [5, 5.41) is 2.59. The molecule has 0 unspecified atom stereocenters. The minimum Gasteiger partial charge on any atom is -0.366 e. The molecule has 0 spiro atoms. The predicted octanol–water partition coefficient (Wildman–Crippen LogP) is 2.80. The quantitative estimate of drug-likeness (QED) is 0.352. The van der Waals surface area contributed by atoms with Crippen molar-refractivity contribution in [3.63, 3.8) is 0 Å². The number of ketones is 1. The molecule has 3 aromatic rings. The molecule has 2 saturated heterocycles. The molecule has 4 heterocycles. The number of benzene rings is 1. The van der Waals surface area contributed by atoms with E-state index >= 15 is 4.39 Å². The number of piperazine rings is 1. The Labute approximate surface area is 244 Å². The van der Waals surface area contributed by atoms with Gasteiger partial charge in [0.15, 0.2) is 0 Å². The summed E-state index contributed by atoms with van der Waals surface area (Å²) in [5.41, 5.74) is 1.15. The maximum atomic E-state index is 15.1. The van der Waals surface area contributed by atoms with E-state index in [0.717, 1.165) is 0 Å². The molecule has 0 saturated carbocycles. The van der Waals surface area contributed by atoms with Gasteiger partial charge in [-0.2, -0.15) is 13.2 Å². The molecule has 2 aliphatic heterocycles. The molecule has 2 fully saturated rings. The van der Waals surface area contributed by atoms with Crippen molar-refractivity contribution < 1.29 is 36.7 Å². The van der Waals surface area contributed by atoms with Gasteiger partial charge in [-0.3, -0.25) is 18.8 Å². The number of hydrogen-bond acceptors (Lipinski definition) is 8. The normalized spacial score (nSPS) is 17.5. The van der Waals surface area contributed by atoms with Crippen molar-refractivity contribution in [2.75, 3.05) is 55.8 Å². The summed E-state index contributed by atoms with van der Waals surface area (Å²) < 4.78 is 59.3. The van der Waals surface area contributed by atoms with E-state index in [1.807, 2.05) is 9.80 Å². The number of rotatable bonds is 10. The Balaban J connectivity index is 1.06.